The van der Waals surface area contributed by atoms with Crippen LogP contribution in [0.4, 0.5) is 5.69 Å². The third kappa shape index (κ3) is 6.11. The number of amides is 2. The Bertz CT molecular complexity index is 838. The molecule has 0 aliphatic heterocycles. The Balaban J connectivity index is 1.95. The van der Waals surface area contributed by atoms with Crippen LogP contribution in [0.5, 0.6) is 0 Å². The molecule has 2 rings (SSSR count). The van der Waals surface area contributed by atoms with Gasteiger partial charge in [-0.25, -0.2) is 4.79 Å². The fourth-order valence-corrected chi connectivity index (χ4v) is 2.68. The summed E-state index contributed by atoms with van der Waals surface area (Å²) in [4.78, 5) is 37.2. The molecule has 0 saturated heterocycles. The Labute approximate surface area is 163 Å². The summed E-state index contributed by atoms with van der Waals surface area (Å²) in [6, 6.07) is 13.7. The number of carbonyl (C=O) groups excluding carboxylic acids is 3. The highest BCUT2D eigenvalue weighted by molar-refractivity contribution is 6.31. The number of benzene rings is 2. The minimum Gasteiger partial charge on any atom is -0.465 e. The number of hydrogen-bond acceptors (Lipinski definition) is 4. The first-order valence-corrected chi connectivity index (χ1v) is 8.75. The van der Waals surface area contributed by atoms with Crippen LogP contribution in [0.25, 0.3) is 0 Å². The number of anilines is 1. The molecule has 0 aliphatic carbocycles. The number of methoxy groups -OCH3 is 1. The molecule has 0 fully saturated rings. The Morgan fingerprint density at radius 3 is 2.52 bits per heavy atom. The van der Waals surface area contributed by atoms with Crippen LogP contribution in [-0.2, 0) is 20.9 Å². The van der Waals surface area contributed by atoms with Crippen molar-refractivity contribution in [2.24, 2.45) is 0 Å². The molecule has 0 radical (unpaired) electrons. The third-order valence-corrected chi connectivity index (χ3v) is 4.31. The lowest BCUT2D eigenvalue weighted by molar-refractivity contribution is -0.129. The van der Waals surface area contributed by atoms with E-state index < -0.39 is 5.97 Å². The van der Waals surface area contributed by atoms with Gasteiger partial charge in [0.1, 0.15) is 0 Å². The summed E-state index contributed by atoms with van der Waals surface area (Å²) in [6.45, 7) is 2.04. The SMILES string of the molecule is COC(=O)c1cccc(NC(=O)CCN(Cc2ccccc2Cl)C(C)=O)c1. The van der Waals surface area contributed by atoms with Crippen molar-refractivity contribution in [3.63, 3.8) is 0 Å². The molecule has 6 nitrogen and oxygen atoms in total. The molecule has 0 bridgehead atoms. The van der Waals surface area contributed by atoms with E-state index in [1.165, 1.54) is 20.1 Å². The molecule has 0 heterocycles. The maximum absolute atomic E-state index is 12.2. The zero-order chi connectivity index (χ0) is 19.8. The molecule has 0 unspecified atom stereocenters. The lowest BCUT2D eigenvalue weighted by atomic mass is 10.2. The van der Waals surface area contributed by atoms with Gasteiger partial charge in [-0.15, -0.1) is 0 Å². The van der Waals surface area contributed by atoms with E-state index in [4.69, 9.17) is 11.6 Å². The topological polar surface area (TPSA) is 75.7 Å². The molecule has 0 spiro atoms. The van der Waals surface area contributed by atoms with E-state index in [2.05, 4.69) is 10.1 Å². The lowest BCUT2D eigenvalue weighted by Crippen LogP contribution is -2.31. The van der Waals surface area contributed by atoms with Gasteiger partial charge in [-0.1, -0.05) is 35.9 Å². The van der Waals surface area contributed by atoms with Crippen LogP contribution in [0.15, 0.2) is 48.5 Å². The van der Waals surface area contributed by atoms with Crippen LogP contribution in [0.1, 0.15) is 29.3 Å². The molecule has 0 atom stereocenters. The smallest absolute Gasteiger partial charge is 0.337 e. The summed E-state index contributed by atoms with van der Waals surface area (Å²) in [5.74, 6) is -0.883. The van der Waals surface area contributed by atoms with Gasteiger partial charge in [0.15, 0.2) is 0 Å². The standard InChI is InChI=1S/C20H21ClN2O4/c1-14(24)23(13-16-6-3-4-9-18(16)21)11-10-19(25)22-17-8-5-7-15(12-17)20(26)27-2/h3-9,12H,10-11,13H2,1-2H3,(H,22,25). The normalized spacial score (nSPS) is 10.2. The Morgan fingerprint density at radius 2 is 1.85 bits per heavy atom. The second-order valence-electron chi connectivity index (χ2n) is 5.90. The van der Waals surface area contributed by atoms with E-state index in [0.717, 1.165) is 5.56 Å². The first-order chi connectivity index (χ1) is 12.9. The number of esters is 1. The Morgan fingerprint density at radius 1 is 1.11 bits per heavy atom. The van der Waals surface area contributed by atoms with Gasteiger partial charge >= 0.3 is 5.97 Å². The van der Waals surface area contributed by atoms with Gasteiger partial charge < -0.3 is 15.0 Å². The third-order valence-electron chi connectivity index (χ3n) is 3.94. The molecule has 142 valence electrons. The number of nitrogens with zero attached hydrogens (tertiary/aromatic N) is 1. The molecule has 7 heteroatoms. The van der Waals surface area contributed by atoms with Crippen LogP contribution in [-0.4, -0.2) is 36.3 Å². The number of carbonyl (C=O) groups is 3. The minimum atomic E-state index is -0.478. The van der Waals surface area contributed by atoms with E-state index in [1.54, 1.807) is 29.2 Å². The highest BCUT2D eigenvalue weighted by Crippen LogP contribution is 2.17. The quantitative estimate of drug-likeness (QED) is 0.736. The fourth-order valence-electron chi connectivity index (χ4n) is 2.48. The van der Waals surface area contributed by atoms with Crippen molar-refractivity contribution in [3.05, 3.63) is 64.7 Å². The van der Waals surface area contributed by atoms with Crippen LogP contribution in [0.2, 0.25) is 5.02 Å². The van der Waals surface area contributed by atoms with Gasteiger partial charge in [-0.2, -0.15) is 0 Å². The summed E-state index contributed by atoms with van der Waals surface area (Å²) in [5, 5.41) is 3.30. The highest BCUT2D eigenvalue weighted by Gasteiger charge is 2.14. The van der Waals surface area contributed by atoms with Crippen molar-refractivity contribution in [2.75, 3.05) is 19.0 Å². The van der Waals surface area contributed by atoms with Crippen molar-refractivity contribution in [1.29, 1.82) is 0 Å². The molecule has 0 aromatic heterocycles. The first-order valence-electron chi connectivity index (χ1n) is 8.38. The molecule has 0 aliphatic rings. The zero-order valence-electron chi connectivity index (χ0n) is 15.2. The zero-order valence-corrected chi connectivity index (χ0v) is 16.0. The van der Waals surface area contributed by atoms with Crippen molar-refractivity contribution < 1.29 is 19.1 Å². The number of rotatable bonds is 7. The van der Waals surface area contributed by atoms with Gasteiger partial charge in [0, 0.05) is 37.1 Å². The number of ether oxygens (including phenoxy) is 1. The predicted octanol–water partition coefficient (Wildman–Crippen LogP) is 3.50. The van der Waals surface area contributed by atoms with E-state index in [-0.39, 0.29) is 24.8 Å². The van der Waals surface area contributed by atoms with Crippen LogP contribution < -0.4 is 5.32 Å². The lowest BCUT2D eigenvalue weighted by Gasteiger charge is -2.21. The molecule has 2 aromatic rings. The number of hydrogen-bond donors (Lipinski definition) is 1. The van der Waals surface area contributed by atoms with E-state index in [0.29, 0.717) is 22.8 Å². The highest BCUT2D eigenvalue weighted by atomic mass is 35.5. The molecular weight excluding hydrogens is 368 g/mol. The first kappa shape index (κ1) is 20.5. The van der Waals surface area contributed by atoms with E-state index >= 15 is 0 Å². The van der Waals surface area contributed by atoms with Gasteiger partial charge in [-0.05, 0) is 29.8 Å². The number of halogens is 1. The molecule has 1 N–H and O–H groups in total. The monoisotopic (exact) mass is 388 g/mol. The van der Waals surface area contributed by atoms with E-state index in [1.807, 2.05) is 18.2 Å². The average Bonchev–Trinajstić information content (AvgIpc) is 2.65. The van der Waals surface area contributed by atoms with E-state index in [9.17, 15) is 14.4 Å². The largest absolute Gasteiger partial charge is 0.465 e. The maximum atomic E-state index is 12.2. The second kappa shape index (κ2) is 9.73. The van der Waals surface area contributed by atoms with Gasteiger partial charge in [0.2, 0.25) is 11.8 Å². The Hall–Kier alpha value is -2.86. The summed E-state index contributed by atoms with van der Waals surface area (Å²) >= 11 is 6.14. The summed E-state index contributed by atoms with van der Waals surface area (Å²) < 4.78 is 4.66. The van der Waals surface area contributed by atoms with Crippen LogP contribution >= 0.6 is 11.6 Å². The predicted molar refractivity (Wildman–Crippen MR) is 104 cm³/mol. The summed E-state index contributed by atoms with van der Waals surface area (Å²) in [7, 11) is 1.29. The maximum Gasteiger partial charge on any atom is 0.337 e. The second-order valence-corrected chi connectivity index (χ2v) is 6.31. The fraction of sp³-hybridized carbons (Fsp3) is 0.250. The van der Waals surface area contributed by atoms with Crippen LogP contribution in [0, 0.1) is 0 Å². The molecule has 2 aromatic carbocycles. The molecule has 27 heavy (non-hydrogen) atoms. The van der Waals surface area contributed by atoms with Crippen molar-refractivity contribution in [3.8, 4) is 0 Å². The van der Waals surface area contributed by atoms with Crippen molar-refractivity contribution in [1.82, 2.24) is 4.90 Å². The van der Waals surface area contributed by atoms with Crippen LogP contribution in [0.3, 0.4) is 0 Å². The summed E-state index contributed by atoms with van der Waals surface area (Å²) in [6.07, 6.45) is 0.118. The van der Waals surface area contributed by atoms with Gasteiger partial charge in [0.25, 0.3) is 0 Å². The summed E-state index contributed by atoms with van der Waals surface area (Å²) in [5.41, 5.74) is 1.66. The Kier molecular flexibility index (Phi) is 7.37. The molecule has 0 saturated carbocycles. The number of nitrogens with one attached hydrogen (secondary N) is 1. The molecular formula is C20H21ClN2O4. The van der Waals surface area contributed by atoms with Crippen molar-refractivity contribution >= 4 is 35.1 Å². The average molecular weight is 389 g/mol. The minimum absolute atomic E-state index is 0.118. The van der Waals surface area contributed by atoms with Gasteiger partial charge in [-0.3, -0.25) is 9.59 Å². The molecule has 2 amide bonds. The van der Waals surface area contributed by atoms with Crippen molar-refractivity contribution in [2.45, 2.75) is 19.9 Å². The van der Waals surface area contributed by atoms with Gasteiger partial charge in [0.05, 0.1) is 12.7 Å².